The fourth-order valence-corrected chi connectivity index (χ4v) is 3.25. The predicted octanol–water partition coefficient (Wildman–Crippen LogP) is 2.41. The first-order valence-corrected chi connectivity index (χ1v) is 7.83. The second-order valence-electron chi connectivity index (χ2n) is 6.03. The molecule has 0 bridgehead atoms. The number of aromatic nitrogens is 2. The van der Waals surface area contributed by atoms with Gasteiger partial charge in [0.2, 0.25) is 5.75 Å². The number of H-pyrrole nitrogens is 1. The Morgan fingerprint density at radius 2 is 2.38 bits per heavy atom. The number of aromatic hydroxyl groups is 1. The maximum absolute atomic E-state index is 11.1. The molecule has 2 heterocycles. The van der Waals surface area contributed by atoms with Gasteiger partial charge < -0.3 is 9.84 Å². The standard InChI is InChI=1S/C16H20N4O4/c1-24-15-6-11(5-14(16(15)21)20(22)23)9-19-4-2-3-12(10-19)13-7-17-18-8-13/h5-8,12,21H,2-4,9-10H2,1H3,(H,17,18)/t12-/m1/s1. The summed E-state index contributed by atoms with van der Waals surface area (Å²) in [5, 5.41) is 27.8. The van der Waals surface area contributed by atoms with Crippen molar-refractivity contribution in [3.05, 3.63) is 45.8 Å². The first-order chi connectivity index (χ1) is 11.6. The third-order valence-electron chi connectivity index (χ3n) is 4.43. The SMILES string of the molecule is COc1cc(CN2CCC[C@@H](c3cn[nH]c3)C2)cc([N+](=O)[O-])c1O. The zero-order valence-electron chi connectivity index (χ0n) is 13.4. The molecule has 3 rings (SSSR count). The quantitative estimate of drug-likeness (QED) is 0.643. The lowest BCUT2D eigenvalue weighted by atomic mass is 9.92. The molecule has 2 N–H and O–H groups in total. The van der Waals surface area contributed by atoms with Gasteiger partial charge in [-0.3, -0.25) is 20.1 Å². The molecule has 2 aromatic rings. The van der Waals surface area contributed by atoms with Gasteiger partial charge in [-0.15, -0.1) is 0 Å². The number of aromatic amines is 1. The monoisotopic (exact) mass is 332 g/mol. The number of hydrogen-bond donors (Lipinski definition) is 2. The van der Waals surface area contributed by atoms with Crippen LogP contribution < -0.4 is 4.74 Å². The van der Waals surface area contributed by atoms with Crippen molar-refractivity contribution in [2.24, 2.45) is 0 Å². The van der Waals surface area contributed by atoms with Crippen LogP contribution in [-0.4, -0.2) is 45.3 Å². The summed E-state index contributed by atoms with van der Waals surface area (Å²) in [7, 11) is 1.39. The van der Waals surface area contributed by atoms with E-state index in [0.717, 1.165) is 31.5 Å². The Bertz CT molecular complexity index is 717. The molecule has 1 saturated heterocycles. The van der Waals surface area contributed by atoms with Gasteiger partial charge in [-0.1, -0.05) is 0 Å². The van der Waals surface area contributed by atoms with Crippen LogP contribution in [0.3, 0.4) is 0 Å². The second kappa shape index (κ2) is 6.88. The Hall–Kier alpha value is -2.61. The van der Waals surface area contributed by atoms with Gasteiger partial charge in [0, 0.05) is 25.4 Å². The van der Waals surface area contributed by atoms with E-state index in [9.17, 15) is 15.2 Å². The molecule has 24 heavy (non-hydrogen) atoms. The molecule has 1 aromatic carbocycles. The van der Waals surface area contributed by atoms with E-state index in [1.54, 1.807) is 6.07 Å². The van der Waals surface area contributed by atoms with Crippen LogP contribution in [0.5, 0.6) is 11.5 Å². The number of likely N-dealkylation sites (tertiary alicyclic amines) is 1. The molecule has 8 heteroatoms. The van der Waals surface area contributed by atoms with E-state index in [1.807, 2.05) is 12.4 Å². The fraction of sp³-hybridized carbons (Fsp3) is 0.438. The Morgan fingerprint density at radius 1 is 1.54 bits per heavy atom. The minimum Gasteiger partial charge on any atom is -0.500 e. The number of rotatable bonds is 5. The summed E-state index contributed by atoms with van der Waals surface area (Å²) < 4.78 is 5.06. The van der Waals surface area contributed by atoms with Crippen LogP contribution in [-0.2, 0) is 6.54 Å². The van der Waals surface area contributed by atoms with Crippen LogP contribution in [0.25, 0.3) is 0 Å². The summed E-state index contributed by atoms with van der Waals surface area (Å²) in [5.74, 6) is 0.107. The summed E-state index contributed by atoms with van der Waals surface area (Å²) in [6.45, 7) is 2.38. The number of methoxy groups -OCH3 is 1. The van der Waals surface area contributed by atoms with Gasteiger partial charge in [-0.2, -0.15) is 5.10 Å². The number of nitrogens with one attached hydrogen (secondary N) is 1. The summed E-state index contributed by atoms with van der Waals surface area (Å²) in [6.07, 6.45) is 5.94. The van der Waals surface area contributed by atoms with Crippen LogP contribution in [0.2, 0.25) is 0 Å². The maximum Gasteiger partial charge on any atom is 0.314 e. The lowest BCUT2D eigenvalue weighted by Gasteiger charge is -2.32. The minimum absolute atomic E-state index is 0.127. The molecule has 0 unspecified atom stereocenters. The molecule has 0 aliphatic carbocycles. The predicted molar refractivity (Wildman–Crippen MR) is 87.2 cm³/mol. The molecule has 1 aliphatic heterocycles. The zero-order chi connectivity index (χ0) is 17.1. The average Bonchev–Trinajstić information content (AvgIpc) is 3.11. The highest BCUT2D eigenvalue weighted by Gasteiger charge is 2.24. The van der Waals surface area contributed by atoms with Crippen molar-refractivity contribution in [3.8, 4) is 11.5 Å². The number of hydrogen-bond acceptors (Lipinski definition) is 6. The Morgan fingerprint density at radius 3 is 3.04 bits per heavy atom. The number of nitrogens with zero attached hydrogens (tertiary/aromatic N) is 3. The number of phenolic OH excluding ortho intramolecular Hbond substituents is 1. The van der Waals surface area contributed by atoms with Crippen molar-refractivity contribution in [1.82, 2.24) is 15.1 Å². The number of ether oxygens (including phenoxy) is 1. The normalized spacial score (nSPS) is 18.5. The van der Waals surface area contributed by atoms with Gasteiger partial charge in [-0.05, 0) is 42.5 Å². The van der Waals surface area contributed by atoms with E-state index in [2.05, 4.69) is 15.1 Å². The van der Waals surface area contributed by atoms with Crippen LogP contribution >= 0.6 is 0 Å². The Balaban J connectivity index is 1.78. The lowest BCUT2D eigenvalue weighted by Crippen LogP contribution is -2.33. The third-order valence-corrected chi connectivity index (χ3v) is 4.43. The Labute approximate surface area is 139 Å². The molecule has 1 atom stereocenters. The van der Waals surface area contributed by atoms with Crippen LogP contribution in [0.1, 0.15) is 29.9 Å². The van der Waals surface area contributed by atoms with Crippen LogP contribution in [0, 0.1) is 10.1 Å². The van der Waals surface area contributed by atoms with Gasteiger partial charge in [0.15, 0.2) is 5.75 Å². The van der Waals surface area contributed by atoms with E-state index in [1.165, 1.54) is 18.7 Å². The first kappa shape index (κ1) is 16.3. The van der Waals surface area contributed by atoms with Crippen molar-refractivity contribution in [2.45, 2.75) is 25.3 Å². The summed E-state index contributed by atoms with van der Waals surface area (Å²) in [4.78, 5) is 12.8. The van der Waals surface area contributed by atoms with Crippen molar-refractivity contribution < 1.29 is 14.8 Å². The highest BCUT2D eigenvalue weighted by molar-refractivity contribution is 5.57. The van der Waals surface area contributed by atoms with Crippen LogP contribution in [0.15, 0.2) is 24.5 Å². The maximum atomic E-state index is 11.1. The molecule has 0 amide bonds. The van der Waals surface area contributed by atoms with Crippen molar-refractivity contribution in [3.63, 3.8) is 0 Å². The molecular formula is C16H20N4O4. The molecule has 0 saturated carbocycles. The van der Waals surface area contributed by atoms with E-state index in [-0.39, 0.29) is 11.4 Å². The lowest BCUT2D eigenvalue weighted by molar-refractivity contribution is -0.386. The highest BCUT2D eigenvalue weighted by atomic mass is 16.6. The highest BCUT2D eigenvalue weighted by Crippen LogP contribution is 2.37. The van der Waals surface area contributed by atoms with E-state index in [0.29, 0.717) is 12.5 Å². The van der Waals surface area contributed by atoms with Gasteiger partial charge >= 0.3 is 5.69 Å². The van der Waals surface area contributed by atoms with Gasteiger partial charge in [0.25, 0.3) is 0 Å². The molecule has 1 aliphatic rings. The summed E-state index contributed by atoms with van der Waals surface area (Å²) in [6, 6.07) is 3.07. The van der Waals surface area contributed by atoms with Crippen molar-refractivity contribution in [2.75, 3.05) is 20.2 Å². The van der Waals surface area contributed by atoms with Gasteiger partial charge in [0.1, 0.15) is 0 Å². The summed E-state index contributed by atoms with van der Waals surface area (Å²) in [5.41, 5.74) is 1.62. The molecular weight excluding hydrogens is 312 g/mol. The smallest absolute Gasteiger partial charge is 0.314 e. The van der Waals surface area contributed by atoms with Gasteiger partial charge in [0.05, 0.1) is 18.2 Å². The van der Waals surface area contributed by atoms with E-state index in [4.69, 9.17) is 4.74 Å². The molecule has 8 nitrogen and oxygen atoms in total. The fourth-order valence-electron chi connectivity index (χ4n) is 3.25. The number of nitro benzene ring substituents is 1. The number of benzene rings is 1. The molecule has 0 spiro atoms. The summed E-state index contributed by atoms with van der Waals surface area (Å²) >= 11 is 0. The second-order valence-corrected chi connectivity index (χ2v) is 6.03. The Kier molecular flexibility index (Phi) is 4.66. The number of piperidine rings is 1. The van der Waals surface area contributed by atoms with Gasteiger partial charge in [-0.25, -0.2) is 0 Å². The van der Waals surface area contributed by atoms with Crippen molar-refractivity contribution in [1.29, 1.82) is 0 Å². The first-order valence-electron chi connectivity index (χ1n) is 7.83. The number of nitro groups is 1. The van der Waals surface area contributed by atoms with Crippen LogP contribution in [0.4, 0.5) is 5.69 Å². The average molecular weight is 332 g/mol. The molecule has 0 radical (unpaired) electrons. The van der Waals surface area contributed by atoms with E-state index >= 15 is 0 Å². The third kappa shape index (κ3) is 3.33. The topological polar surface area (TPSA) is 105 Å². The zero-order valence-corrected chi connectivity index (χ0v) is 13.4. The minimum atomic E-state index is -0.591. The number of phenols is 1. The molecule has 128 valence electrons. The molecule has 1 aromatic heterocycles. The van der Waals surface area contributed by atoms with Crippen molar-refractivity contribution >= 4 is 5.69 Å². The largest absolute Gasteiger partial charge is 0.500 e. The van der Waals surface area contributed by atoms with E-state index < -0.39 is 10.7 Å². The molecule has 1 fully saturated rings.